The number of hydrogen-bond acceptors (Lipinski definition) is 1. The van der Waals surface area contributed by atoms with E-state index < -0.39 is 5.28 Å². The van der Waals surface area contributed by atoms with Crippen molar-refractivity contribution >= 4 is 9.24 Å². The van der Waals surface area contributed by atoms with Gasteiger partial charge in [0.2, 0.25) is 0 Å². The summed E-state index contributed by atoms with van der Waals surface area (Å²) in [5.41, 5.74) is 7.71. The van der Waals surface area contributed by atoms with E-state index in [1.54, 1.807) is 0 Å². The number of hydrogen-bond donors (Lipinski definition) is 1. The van der Waals surface area contributed by atoms with E-state index >= 15 is 0 Å². The van der Waals surface area contributed by atoms with E-state index in [-0.39, 0.29) is 16.2 Å². The molecule has 0 aromatic rings. The van der Waals surface area contributed by atoms with Crippen molar-refractivity contribution in [2.75, 3.05) is 0 Å². The van der Waals surface area contributed by atoms with Gasteiger partial charge in [-0.25, -0.2) is 0 Å². The van der Waals surface area contributed by atoms with Crippen LogP contribution in [-0.2, 0) is 0 Å². The fraction of sp³-hybridized carbons (Fsp3) is 0.857. The first kappa shape index (κ1) is 16.1. The molecule has 0 aliphatic rings. The summed E-state index contributed by atoms with van der Waals surface area (Å²) in [5.74, 6) is 0. The van der Waals surface area contributed by atoms with Gasteiger partial charge in [0.1, 0.15) is 0 Å². The molecule has 0 saturated heterocycles. The van der Waals surface area contributed by atoms with Crippen LogP contribution in [0.2, 0.25) is 0 Å². The highest BCUT2D eigenvalue weighted by molar-refractivity contribution is 7.19. The first-order chi connectivity index (χ1) is 6.65. The number of nitrogens with two attached hydrogens (primary N) is 1. The maximum absolute atomic E-state index is 6.48. The van der Waals surface area contributed by atoms with E-state index in [1.807, 2.05) is 0 Å². The highest BCUT2D eigenvalue weighted by atomic mass is 31.0. The molecule has 96 valence electrons. The summed E-state index contributed by atoms with van der Waals surface area (Å²) in [5, 5.41) is -0.441. The third kappa shape index (κ3) is 2.68. The Balaban J connectivity index is 5.40. The molecule has 1 nitrogen and oxygen atoms in total. The first-order valence-electron chi connectivity index (χ1n) is 5.93. The van der Waals surface area contributed by atoms with Gasteiger partial charge in [-0.3, -0.25) is 0 Å². The van der Waals surface area contributed by atoms with E-state index in [2.05, 4.69) is 71.2 Å². The molecule has 0 fully saturated rings. The molecule has 0 spiro atoms. The fourth-order valence-electron chi connectivity index (χ4n) is 1.42. The predicted octanol–water partition coefficient (Wildman–Crippen LogP) is 4.19. The highest BCUT2D eigenvalue weighted by Crippen LogP contribution is 2.52. The molecule has 0 amide bonds. The topological polar surface area (TPSA) is 26.0 Å². The van der Waals surface area contributed by atoms with Gasteiger partial charge in [-0.05, 0) is 21.8 Å². The van der Waals surface area contributed by atoms with E-state index in [0.717, 1.165) is 5.57 Å². The quantitative estimate of drug-likeness (QED) is 0.571. The zero-order chi connectivity index (χ0) is 13.6. The van der Waals surface area contributed by atoms with Crippen molar-refractivity contribution in [3.63, 3.8) is 0 Å². The van der Waals surface area contributed by atoms with Crippen molar-refractivity contribution in [3.8, 4) is 0 Å². The molecule has 2 N–H and O–H groups in total. The summed E-state index contributed by atoms with van der Waals surface area (Å²) in [6.07, 6.45) is 0. The lowest BCUT2D eigenvalue weighted by atomic mass is 9.61. The fourth-order valence-corrected chi connectivity index (χ4v) is 1.78. The van der Waals surface area contributed by atoms with Crippen LogP contribution in [0.3, 0.4) is 0 Å². The summed E-state index contributed by atoms with van der Waals surface area (Å²) in [7, 11) is 2.80. The third-order valence-electron chi connectivity index (χ3n) is 4.37. The van der Waals surface area contributed by atoms with Crippen molar-refractivity contribution in [1.82, 2.24) is 0 Å². The number of rotatable bonds is 2. The van der Waals surface area contributed by atoms with Gasteiger partial charge in [0.05, 0.1) is 5.28 Å². The minimum absolute atomic E-state index is 0.00319. The van der Waals surface area contributed by atoms with Crippen LogP contribution in [0.5, 0.6) is 0 Å². The monoisotopic (exact) mass is 243 g/mol. The highest BCUT2D eigenvalue weighted by Gasteiger charge is 2.46. The molecule has 0 aliphatic heterocycles. The standard InChI is InChI=1S/C14H30NP/c1-10(13(8,9)11(2,3)4)14(15,16)12(5,6)7/h1,15-16H2,2-9H3. The summed E-state index contributed by atoms with van der Waals surface area (Å²) in [4.78, 5) is 0. The molecule has 0 aromatic carbocycles. The summed E-state index contributed by atoms with van der Waals surface area (Å²) in [6.45, 7) is 21.9. The maximum Gasteiger partial charge on any atom is 0.0562 e. The van der Waals surface area contributed by atoms with Crippen molar-refractivity contribution in [2.24, 2.45) is 22.0 Å². The van der Waals surface area contributed by atoms with Crippen LogP contribution in [0.15, 0.2) is 12.2 Å². The molecule has 0 aliphatic carbocycles. The first-order valence-corrected chi connectivity index (χ1v) is 6.51. The Morgan fingerprint density at radius 1 is 0.875 bits per heavy atom. The minimum Gasteiger partial charge on any atom is -0.318 e. The van der Waals surface area contributed by atoms with E-state index in [9.17, 15) is 0 Å². The minimum atomic E-state index is -0.441. The SMILES string of the molecule is C=C(C(C)(C)C(C)(C)C)C(N)(P)C(C)(C)C. The second-order valence-electron chi connectivity index (χ2n) is 7.47. The Kier molecular flexibility index (Phi) is 4.14. The molecule has 16 heavy (non-hydrogen) atoms. The van der Waals surface area contributed by atoms with Gasteiger partial charge < -0.3 is 5.73 Å². The van der Waals surface area contributed by atoms with Crippen LogP contribution in [0.25, 0.3) is 0 Å². The largest absolute Gasteiger partial charge is 0.318 e. The van der Waals surface area contributed by atoms with Crippen molar-refractivity contribution < 1.29 is 0 Å². The van der Waals surface area contributed by atoms with Crippen LogP contribution >= 0.6 is 9.24 Å². The van der Waals surface area contributed by atoms with Crippen LogP contribution in [0.4, 0.5) is 0 Å². The lowest BCUT2D eigenvalue weighted by molar-refractivity contribution is 0.147. The van der Waals surface area contributed by atoms with Crippen LogP contribution in [0.1, 0.15) is 55.4 Å². The lowest BCUT2D eigenvalue weighted by Gasteiger charge is -2.50. The Morgan fingerprint density at radius 3 is 1.38 bits per heavy atom. The molecule has 2 heteroatoms. The van der Waals surface area contributed by atoms with E-state index in [0.29, 0.717) is 0 Å². The zero-order valence-electron chi connectivity index (χ0n) is 12.4. The van der Waals surface area contributed by atoms with Crippen molar-refractivity contribution in [2.45, 2.75) is 60.7 Å². The van der Waals surface area contributed by atoms with Gasteiger partial charge in [0.25, 0.3) is 0 Å². The van der Waals surface area contributed by atoms with Crippen LogP contribution < -0.4 is 5.73 Å². The third-order valence-corrected chi connectivity index (χ3v) is 5.58. The molecule has 0 heterocycles. The van der Waals surface area contributed by atoms with E-state index in [4.69, 9.17) is 5.73 Å². The van der Waals surface area contributed by atoms with Gasteiger partial charge in [-0.1, -0.05) is 62.0 Å². The Hall–Kier alpha value is 0.130. The molecule has 0 aromatic heterocycles. The van der Waals surface area contributed by atoms with Gasteiger partial charge >= 0.3 is 0 Å². The predicted molar refractivity (Wildman–Crippen MR) is 78.5 cm³/mol. The van der Waals surface area contributed by atoms with Crippen molar-refractivity contribution in [1.29, 1.82) is 0 Å². The van der Waals surface area contributed by atoms with Crippen LogP contribution in [0, 0.1) is 16.2 Å². The summed E-state index contributed by atoms with van der Waals surface area (Å²) in [6, 6.07) is 0. The molecular formula is C14H30NP. The smallest absolute Gasteiger partial charge is 0.0562 e. The average Bonchev–Trinajstić information content (AvgIpc) is 1.98. The molecule has 0 rings (SSSR count). The van der Waals surface area contributed by atoms with E-state index in [1.165, 1.54) is 0 Å². The maximum atomic E-state index is 6.48. The summed E-state index contributed by atoms with van der Waals surface area (Å²) >= 11 is 0. The van der Waals surface area contributed by atoms with Gasteiger partial charge in [0.15, 0.2) is 0 Å². The Labute approximate surface area is 104 Å². The normalized spacial score (nSPS) is 18.1. The van der Waals surface area contributed by atoms with Gasteiger partial charge in [-0.2, -0.15) is 0 Å². The summed E-state index contributed by atoms with van der Waals surface area (Å²) < 4.78 is 0. The van der Waals surface area contributed by atoms with Gasteiger partial charge in [-0.15, -0.1) is 9.24 Å². The molecule has 2 unspecified atom stereocenters. The molecule has 0 saturated carbocycles. The second-order valence-corrected chi connectivity index (χ2v) is 8.38. The Bertz CT molecular complexity index is 246. The molecular weight excluding hydrogens is 213 g/mol. The molecule has 0 radical (unpaired) electrons. The van der Waals surface area contributed by atoms with Crippen LogP contribution in [-0.4, -0.2) is 5.28 Å². The van der Waals surface area contributed by atoms with Gasteiger partial charge in [0, 0.05) is 0 Å². The van der Waals surface area contributed by atoms with Crippen molar-refractivity contribution in [3.05, 3.63) is 12.2 Å². The lowest BCUT2D eigenvalue weighted by Crippen LogP contribution is -2.52. The molecule has 2 atom stereocenters. The Morgan fingerprint density at radius 2 is 1.19 bits per heavy atom. The zero-order valence-corrected chi connectivity index (χ0v) is 13.5. The average molecular weight is 243 g/mol. The molecule has 0 bridgehead atoms. The second kappa shape index (κ2) is 4.10.